The second-order valence-corrected chi connectivity index (χ2v) is 7.05. The molecule has 1 aromatic rings. The number of rotatable bonds is 7. The van der Waals surface area contributed by atoms with Gasteiger partial charge in [0.05, 0.1) is 23.1 Å². The molecule has 5 nitrogen and oxygen atoms in total. The van der Waals surface area contributed by atoms with Gasteiger partial charge in [-0.2, -0.15) is 5.10 Å². The number of hydrogen-bond donors (Lipinski definition) is 1. The van der Waals surface area contributed by atoms with Crippen LogP contribution in [0.2, 0.25) is 0 Å². The largest absolute Gasteiger partial charge is 0.389 e. The van der Waals surface area contributed by atoms with Gasteiger partial charge in [0.15, 0.2) is 0 Å². The van der Waals surface area contributed by atoms with Crippen molar-refractivity contribution in [2.75, 3.05) is 13.1 Å². The van der Waals surface area contributed by atoms with Gasteiger partial charge in [-0.3, -0.25) is 9.48 Å². The zero-order valence-electron chi connectivity index (χ0n) is 14.5. The van der Waals surface area contributed by atoms with E-state index < -0.39 is 5.60 Å². The molecule has 0 saturated heterocycles. The average Bonchev–Trinajstić information content (AvgIpc) is 3.20. The first-order chi connectivity index (χ1) is 10.3. The van der Waals surface area contributed by atoms with E-state index in [-0.39, 0.29) is 5.91 Å². The predicted octanol–water partition coefficient (Wildman–Crippen LogP) is 2.96. The Morgan fingerprint density at radius 1 is 1.50 bits per heavy atom. The van der Waals surface area contributed by atoms with Crippen LogP contribution in [0, 0.1) is 0 Å². The monoisotopic (exact) mass is 307 g/mol. The molecule has 0 aliphatic heterocycles. The Kier molecular flexibility index (Phi) is 4.95. The molecule has 1 amide bonds. The summed E-state index contributed by atoms with van der Waals surface area (Å²) < 4.78 is 2.03. The van der Waals surface area contributed by atoms with Crippen LogP contribution in [-0.4, -0.2) is 44.4 Å². The van der Waals surface area contributed by atoms with Crippen molar-refractivity contribution < 1.29 is 9.90 Å². The lowest BCUT2D eigenvalue weighted by atomic mass is 10.1. The van der Waals surface area contributed by atoms with Gasteiger partial charge in [-0.25, -0.2) is 0 Å². The molecule has 1 heterocycles. The van der Waals surface area contributed by atoms with E-state index in [1.807, 2.05) is 11.6 Å². The summed E-state index contributed by atoms with van der Waals surface area (Å²) in [6, 6.07) is 0.307. The molecule has 22 heavy (non-hydrogen) atoms. The molecule has 2 rings (SSSR count). The lowest BCUT2D eigenvalue weighted by Crippen LogP contribution is -2.42. The molecule has 0 aromatic carbocycles. The maximum Gasteiger partial charge on any atom is 0.257 e. The highest BCUT2D eigenvalue weighted by molar-refractivity contribution is 5.95. The van der Waals surface area contributed by atoms with E-state index in [4.69, 9.17) is 0 Å². The lowest BCUT2D eigenvalue weighted by molar-refractivity contribution is 0.0314. The number of amides is 1. The molecule has 5 heteroatoms. The molecule has 124 valence electrons. The molecular formula is C17H29N3O2. The summed E-state index contributed by atoms with van der Waals surface area (Å²) in [7, 11) is 0. The lowest BCUT2D eigenvalue weighted by Gasteiger charge is -2.28. The van der Waals surface area contributed by atoms with Crippen LogP contribution in [0.4, 0.5) is 0 Å². The van der Waals surface area contributed by atoms with Gasteiger partial charge in [0.2, 0.25) is 0 Å². The van der Waals surface area contributed by atoms with Crippen LogP contribution in [0.3, 0.4) is 0 Å². The molecule has 1 atom stereocenters. The summed E-state index contributed by atoms with van der Waals surface area (Å²) >= 11 is 0. The number of nitrogens with zero attached hydrogens (tertiary/aromatic N) is 3. The summed E-state index contributed by atoms with van der Waals surface area (Å²) in [4.78, 5) is 14.6. The summed E-state index contributed by atoms with van der Waals surface area (Å²) in [6.07, 6.45) is 4.99. The maximum absolute atomic E-state index is 12.9. The second-order valence-electron chi connectivity index (χ2n) is 7.05. The normalized spacial score (nSPS) is 16.6. The smallest absolute Gasteiger partial charge is 0.257 e. The molecule has 1 unspecified atom stereocenters. The van der Waals surface area contributed by atoms with E-state index in [1.54, 1.807) is 24.9 Å². The van der Waals surface area contributed by atoms with Crippen molar-refractivity contribution >= 4 is 5.91 Å². The summed E-state index contributed by atoms with van der Waals surface area (Å²) in [5.74, 6) is 0.456. The number of carbonyl (C=O) groups is 1. The van der Waals surface area contributed by atoms with Crippen molar-refractivity contribution in [3.8, 4) is 0 Å². The SMILES string of the molecule is CCC(C)n1ncc(C(=O)N(CC)CC(C)(C)O)c1C1CC1. The van der Waals surface area contributed by atoms with Crippen LogP contribution in [0.25, 0.3) is 0 Å². The van der Waals surface area contributed by atoms with Gasteiger partial charge < -0.3 is 10.0 Å². The Morgan fingerprint density at radius 3 is 2.59 bits per heavy atom. The van der Waals surface area contributed by atoms with Crippen molar-refractivity contribution in [2.24, 2.45) is 0 Å². The van der Waals surface area contributed by atoms with Crippen molar-refractivity contribution in [1.29, 1.82) is 0 Å². The summed E-state index contributed by atoms with van der Waals surface area (Å²) in [5, 5.41) is 14.5. The first-order valence-electron chi connectivity index (χ1n) is 8.37. The molecule has 1 saturated carbocycles. The number of aliphatic hydroxyl groups is 1. The quantitative estimate of drug-likeness (QED) is 0.842. The minimum Gasteiger partial charge on any atom is -0.389 e. The first-order valence-corrected chi connectivity index (χ1v) is 8.37. The third kappa shape index (κ3) is 3.69. The molecule has 1 N–H and O–H groups in total. The van der Waals surface area contributed by atoms with Gasteiger partial charge >= 0.3 is 0 Å². The molecule has 1 aliphatic rings. The van der Waals surface area contributed by atoms with E-state index in [0.717, 1.165) is 25.0 Å². The highest BCUT2D eigenvalue weighted by atomic mass is 16.3. The highest BCUT2D eigenvalue weighted by Gasteiger charge is 2.35. The Bertz CT molecular complexity index is 526. The van der Waals surface area contributed by atoms with Gasteiger partial charge in [0.1, 0.15) is 0 Å². The van der Waals surface area contributed by atoms with Crippen molar-refractivity contribution in [3.05, 3.63) is 17.5 Å². The molecule has 1 aromatic heterocycles. The van der Waals surface area contributed by atoms with Crippen LogP contribution >= 0.6 is 0 Å². The topological polar surface area (TPSA) is 58.4 Å². The Morgan fingerprint density at radius 2 is 2.14 bits per heavy atom. The molecule has 0 bridgehead atoms. The average molecular weight is 307 g/mol. The van der Waals surface area contributed by atoms with Gasteiger partial charge in [0.25, 0.3) is 5.91 Å². The first kappa shape index (κ1) is 17.0. The molecule has 0 spiro atoms. The maximum atomic E-state index is 12.9. The highest BCUT2D eigenvalue weighted by Crippen LogP contribution is 2.43. The van der Waals surface area contributed by atoms with E-state index in [0.29, 0.717) is 30.6 Å². The fraction of sp³-hybridized carbons (Fsp3) is 0.765. The zero-order chi connectivity index (χ0) is 16.5. The van der Waals surface area contributed by atoms with Crippen molar-refractivity contribution in [1.82, 2.24) is 14.7 Å². The third-order valence-corrected chi connectivity index (χ3v) is 4.28. The van der Waals surface area contributed by atoms with Crippen LogP contribution in [0.5, 0.6) is 0 Å². The van der Waals surface area contributed by atoms with E-state index in [9.17, 15) is 9.90 Å². The van der Waals surface area contributed by atoms with Crippen molar-refractivity contribution in [3.63, 3.8) is 0 Å². The van der Waals surface area contributed by atoms with Gasteiger partial charge in [0, 0.05) is 25.0 Å². The third-order valence-electron chi connectivity index (χ3n) is 4.28. The summed E-state index contributed by atoms with van der Waals surface area (Å²) in [6.45, 7) is 10.6. The summed E-state index contributed by atoms with van der Waals surface area (Å²) in [5.41, 5.74) is 0.917. The second kappa shape index (κ2) is 6.41. The minimum atomic E-state index is -0.891. The molecule has 0 radical (unpaired) electrons. The predicted molar refractivity (Wildman–Crippen MR) is 87.1 cm³/mol. The fourth-order valence-electron chi connectivity index (χ4n) is 2.79. The van der Waals surface area contributed by atoms with Gasteiger partial charge in [-0.05, 0) is 47.0 Å². The number of hydrogen-bond acceptors (Lipinski definition) is 3. The zero-order valence-corrected chi connectivity index (χ0v) is 14.5. The van der Waals surface area contributed by atoms with E-state index in [1.165, 1.54) is 0 Å². The number of likely N-dealkylation sites (N-methyl/N-ethyl adjacent to an activating group) is 1. The van der Waals surface area contributed by atoms with E-state index in [2.05, 4.69) is 18.9 Å². The van der Waals surface area contributed by atoms with Crippen LogP contribution in [0.1, 0.15) is 81.9 Å². The van der Waals surface area contributed by atoms with Gasteiger partial charge in [-0.1, -0.05) is 6.92 Å². The Hall–Kier alpha value is -1.36. The molecular weight excluding hydrogens is 278 g/mol. The molecule has 1 fully saturated rings. The Labute approximate surface area is 133 Å². The minimum absolute atomic E-state index is 0.0129. The standard InChI is InChI=1S/C17H29N3O2/c1-6-12(3)20-15(13-8-9-13)14(10-18-20)16(21)19(7-2)11-17(4,5)22/h10,12-13,22H,6-9,11H2,1-5H3. The number of aromatic nitrogens is 2. The van der Waals surface area contributed by atoms with Crippen LogP contribution in [0.15, 0.2) is 6.20 Å². The van der Waals surface area contributed by atoms with Crippen molar-refractivity contribution in [2.45, 2.75) is 71.4 Å². The van der Waals surface area contributed by atoms with Gasteiger partial charge in [-0.15, -0.1) is 0 Å². The fourth-order valence-corrected chi connectivity index (χ4v) is 2.79. The Balaban J connectivity index is 2.31. The molecule has 1 aliphatic carbocycles. The van der Waals surface area contributed by atoms with E-state index >= 15 is 0 Å². The van der Waals surface area contributed by atoms with Crippen LogP contribution in [-0.2, 0) is 0 Å². The van der Waals surface area contributed by atoms with Crippen LogP contribution < -0.4 is 0 Å². The number of carbonyl (C=O) groups excluding carboxylic acids is 1.